The number of thioether (sulfide) groups is 1. The van der Waals surface area contributed by atoms with Crippen molar-refractivity contribution in [2.75, 3.05) is 32.3 Å². The van der Waals surface area contributed by atoms with E-state index < -0.39 is 12.0 Å². The fraction of sp³-hybridized carbons (Fsp3) is 0.818. The molecule has 0 aromatic carbocycles. The number of hydrogen-bond acceptors (Lipinski definition) is 4. The van der Waals surface area contributed by atoms with Gasteiger partial charge in [-0.3, -0.25) is 0 Å². The number of rotatable bonds is 4. The van der Waals surface area contributed by atoms with Crippen LogP contribution in [0.1, 0.15) is 13.8 Å². The van der Waals surface area contributed by atoms with Crippen LogP contribution in [0.15, 0.2) is 0 Å². The van der Waals surface area contributed by atoms with Gasteiger partial charge >= 0.3 is 12.0 Å². The van der Waals surface area contributed by atoms with Crippen LogP contribution in [0.25, 0.3) is 0 Å². The van der Waals surface area contributed by atoms with E-state index >= 15 is 0 Å². The minimum absolute atomic E-state index is 0.165. The highest BCUT2D eigenvalue weighted by Gasteiger charge is 2.35. The number of nitrogens with one attached hydrogen (secondary N) is 1. The van der Waals surface area contributed by atoms with Gasteiger partial charge in [0, 0.05) is 17.8 Å². The number of aliphatic carboxylic acids is 1. The van der Waals surface area contributed by atoms with Crippen LogP contribution >= 0.6 is 11.8 Å². The molecule has 0 bridgehead atoms. The fourth-order valence-electron chi connectivity index (χ4n) is 1.40. The number of amides is 2. The maximum Gasteiger partial charge on any atom is 0.327 e. The van der Waals surface area contributed by atoms with E-state index in [2.05, 4.69) is 5.32 Å². The molecular weight excluding hydrogens is 254 g/mol. The van der Waals surface area contributed by atoms with Gasteiger partial charge in [-0.2, -0.15) is 0 Å². The minimum atomic E-state index is -0.943. The Morgan fingerprint density at radius 3 is 2.61 bits per heavy atom. The molecule has 0 unspecified atom stereocenters. The zero-order valence-electron chi connectivity index (χ0n) is 11.3. The number of carbonyl (C=O) groups excluding carboxylic acids is 1. The molecule has 0 aromatic heterocycles. The molecule has 1 aliphatic rings. The van der Waals surface area contributed by atoms with Gasteiger partial charge in [-0.25, -0.2) is 9.59 Å². The second-order valence-corrected chi connectivity index (χ2v) is 6.19. The Balaban J connectivity index is 2.53. The molecule has 1 atom stereocenters. The lowest BCUT2D eigenvalue weighted by molar-refractivity contribution is -0.140. The lowest BCUT2D eigenvalue weighted by atomic mass is 10.0. The van der Waals surface area contributed by atoms with E-state index in [0.29, 0.717) is 18.2 Å². The monoisotopic (exact) mass is 275 g/mol. The highest BCUT2D eigenvalue weighted by atomic mass is 32.2. The zero-order chi connectivity index (χ0) is 13.9. The Morgan fingerprint density at radius 2 is 2.11 bits per heavy atom. The topological polar surface area (TPSA) is 72.9 Å². The lowest BCUT2D eigenvalue weighted by Gasteiger charge is -2.33. The van der Waals surface area contributed by atoms with Gasteiger partial charge < -0.3 is 20.2 Å². The first-order chi connectivity index (χ1) is 8.25. The summed E-state index contributed by atoms with van der Waals surface area (Å²) in [7, 11) is 3.88. The summed E-state index contributed by atoms with van der Waals surface area (Å²) in [5.74, 6) is -0.0487. The fourth-order valence-corrected chi connectivity index (χ4v) is 2.54. The summed E-state index contributed by atoms with van der Waals surface area (Å²) >= 11 is 1.46. The van der Waals surface area contributed by atoms with Gasteiger partial charge in [0.05, 0.1) is 5.88 Å². The Morgan fingerprint density at radius 1 is 1.50 bits per heavy atom. The van der Waals surface area contributed by atoms with Crippen molar-refractivity contribution in [2.24, 2.45) is 0 Å². The third-order valence-electron chi connectivity index (χ3n) is 3.31. The Kier molecular flexibility index (Phi) is 4.86. The summed E-state index contributed by atoms with van der Waals surface area (Å²) in [6.45, 7) is 4.51. The predicted molar refractivity (Wildman–Crippen MR) is 71.8 cm³/mol. The van der Waals surface area contributed by atoms with Gasteiger partial charge in [0.25, 0.3) is 0 Å². The quantitative estimate of drug-likeness (QED) is 0.781. The molecule has 7 heteroatoms. The Hall–Kier alpha value is -0.950. The van der Waals surface area contributed by atoms with Crippen molar-refractivity contribution >= 4 is 23.8 Å². The molecule has 104 valence electrons. The summed E-state index contributed by atoms with van der Waals surface area (Å²) in [6.07, 6.45) is 0. The van der Waals surface area contributed by atoms with Gasteiger partial charge in [0.2, 0.25) is 0 Å². The van der Waals surface area contributed by atoms with E-state index in [-0.39, 0.29) is 11.6 Å². The second kappa shape index (κ2) is 5.79. The van der Waals surface area contributed by atoms with Crippen molar-refractivity contribution in [3.8, 4) is 0 Å². The van der Waals surface area contributed by atoms with Crippen molar-refractivity contribution in [2.45, 2.75) is 25.4 Å². The van der Waals surface area contributed by atoms with E-state index in [1.165, 1.54) is 16.7 Å². The first-order valence-corrected chi connectivity index (χ1v) is 6.93. The lowest BCUT2D eigenvalue weighted by Crippen LogP contribution is -2.53. The van der Waals surface area contributed by atoms with Crippen LogP contribution < -0.4 is 5.32 Å². The van der Waals surface area contributed by atoms with E-state index in [1.54, 1.807) is 0 Å². The summed E-state index contributed by atoms with van der Waals surface area (Å²) in [5.41, 5.74) is -0.165. The first-order valence-electron chi connectivity index (χ1n) is 5.78. The molecule has 1 saturated heterocycles. The standard InChI is InChI=1S/C11H21N3O3S/c1-11(2,13(3)4)6-12-10(17)14-7-18-5-8(14)9(15)16/h8H,5-7H2,1-4H3,(H,12,17)(H,15,16)/t8-/m0/s1. The molecule has 1 rings (SSSR count). The average molecular weight is 275 g/mol. The van der Waals surface area contributed by atoms with E-state index in [1.807, 2.05) is 32.8 Å². The van der Waals surface area contributed by atoms with E-state index in [4.69, 9.17) is 5.11 Å². The molecule has 0 aromatic rings. The second-order valence-electron chi connectivity index (χ2n) is 5.19. The maximum atomic E-state index is 11.9. The average Bonchev–Trinajstić information content (AvgIpc) is 2.74. The number of carboxylic acids is 1. The van der Waals surface area contributed by atoms with Gasteiger partial charge in [-0.05, 0) is 27.9 Å². The number of nitrogens with zero attached hydrogens (tertiary/aromatic N) is 2. The molecule has 2 N–H and O–H groups in total. The largest absolute Gasteiger partial charge is 0.480 e. The van der Waals surface area contributed by atoms with Crippen molar-refractivity contribution in [3.05, 3.63) is 0 Å². The highest BCUT2D eigenvalue weighted by Crippen LogP contribution is 2.21. The van der Waals surface area contributed by atoms with Crippen molar-refractivity contribution in [1.29, 1.82) is 0 Å². The molecule has 0 aliphatic carbocycles. The van der Waals surface area contributed by atoms with Gasteiger partial charge in [-0.1, -0.05) is 0 Å². The third-order valence-corrected chi connectivity index (χ3v) is 4.32. The van der Waals surface area contributed by atoms with E-state index in [0.717, 1.165) is 0 Å². The number of likely N-dealkylation sites (N-methyl/N-ethyl adjacent to an activating group) is 1. The summed E-state index contributed by atoms with van der Waals surface area (Å²) in [5, 5.41) is 11.8. The molecule has 2 amide bonds. The van der Waals surface area contributed by atoms with Gasteiger partial charge in [0.1, 0.15) is 6.04 Å². The SMILES string of the molecule is CN(C)C(C)(C)CNC(=O)N1CSC[C@H]1C(=O)O. The smallest absolute Gasteiger partial charge is 0.327 e. The number of urea groups is 1. The van der Waals surface area contributed by atoms with Crippen molar-refractivity contribution in [3.63, 3.8) is 0 Å². The summed E-state index contributed by atoms with van der Waals surface area (Å²) < 4.78 is 0. The molecule has 1 heterocycles. The molecule has 0 radical (unpaired) electrons. The van der Waals surface area contributed by atoms with Crippen LogP contribution in [-0.2, 0) is 4.79 Å². The van der Waals surface area contributed by atoms with Crippen LogP contribution in [0.3, 0.4) is 0 Å². The number of carbonyl (C=O) groups is 2. The van der Waals surface area contributed by atoms with E-state index in [9.17, 15) is 9.59 Å². The van der Waals surface area contributed by atoms with Crippen LogP contribution in [0, 0.1) is 0 Å². The maximum absolute atomic E-state index is 11.9. The predicted octanol–water partition coefficient (Wildman–Crippen LogP) is 0.496. The normalized spacial score (nSPS) is 20.3. The molecule has 6 nitrogen and oxygen atoms in total. The van der Waals surface area contributed by atoms with Crippen LogP contribution in [0.2, 0.25) is 0 Å². The van der Waals surface area contributed by atoms with Crippen LogP contribution in [-0.4, -0.2) is 70.8 Å². The first kappa shape index (κ1) is 15.1. The molecular formula is C11H21N3O3S. The van der Waals surface area contributed by atoms with Gasteiger partial charge in [0.15, 0.2) is 0 Å². The van der Waals surface area contributed by atoms with Crippen LogP contribution in [0.5, 0.6) is 0 Å². The van der Waals surface area contributed by atoms with Crippen molar-refractivity contribution < 1.29 is 14.7 Å². The van der Waals surface area contributed by atoms with Gasteiger partial charge in [-0.15, -0.1) is 11.8 Å². The van der Waals surface area contributed by atoms with Crippen molar-refractivity contribution in [1.82, 2.24) is 15.1 Å². The molecule has 0 saturated carbocycles. The third kappa shape index (κ3) is 3.52. The Labute approximate surface area is 112 Å². The number of hydrogen-bond donors (Lipinski definition) is 2. The zero-order valence-corrected chi connectivity index (χ0v) is 12.1. The number of carboxylic acid groups (broad SMARTS) is 1. The molecule has 1 aliphatic heterocycles. The minimum Gasteiger partial charge on any atom is -0.480 e. The molecule has 1 fully saturated rings. The Bertz CT molecular complexity index is 333. The molecule has 0 spiro atoms. The highest BCUT2D eigenvalue weighted by molar-refractivity contribution is 7.99. The summed E-state index contributed by atoms with van der Waals surface area (Å²) in [6, 6.07) is -1.01. The van der Waals surface area contributed by atoms with Crippen LogP contribution in [0.4, 0.5) is 4.79 Å². The molecule has 18 heavy (non-hydrogen) atoms. The summed E-state index contributed by atoms with van der Waals surface area (Å²) in [4.78, 5) is 26.3.